The van der Waals surface area contributed by atoms with Crippen LogP contribution in [0, 0.1) is 0 Å². The van der Waals surface area contributed by atoms with Gasteiger partial charge in [-0.25, -0.2) is 0 Å². The van der Waals surface area contributed by atoms with Crippen LogP contribution in [0.15, 0.2) is 54.6 Å². The van der Waals surface area contributed by atoms with Crippen LogP contribution in [0.2, 0.25) is 0 Å². The summed E-state index contributed by atoms with van der Waals surface area (Å²) in [7, 11) is 0.318. The number of methoxy groups -OCH3 is 1. The third-order valence-electron chi connectivity index (χ3n) is 6.30. The highest BCUT2D eigenvalue weighted by Gasteiger charge is 2.31. The molecule has 0 radical (unpaired) electrons. The zero-order valence-electron chi connectivity index (χ0n) is 16.6. The minimum atomic E-state index is -1.44. The summed E-state index contributed by atoms with van der Waals surface area (Å²) in [6.07, 6.45) is 6.29. The zero-order chi connectivity index (χ0) is 19.7. The van der Waals surface area contributed by atoms with Gasteiger partial charge in [0.1, 0.15) is 5.75 Å². The molecule has 0 aromatic heterocycles. The molecule has 0 unspecified atom stereocenters. The molecule has 4 heteroatoms. The fourth-order valence-corrected chi connectivity index (χ4v) is 4.57. The molecule has 3 nitrogen and oxygen atoms in total. The van der Waals surface area contributed by atoms with Crippen LogP contribution >= 0.6 is 0 Å². The highest BCUT2D eigenvalue weighted by atomic mass is 16.5. The van der Waals surface area contributed by atoms with E-state index in [1.54, 1.807) is 13.2 Å². The predicted molar refractivity (Wildman–Crippen MR) is 116 cm³/mol. The lowest BCUT2D eigenvalue weighted by Gasteiger charge is -2.35. The molecule has 1 fully saturated rings. The van der Waals surface area contributed by atoms with E-state index >= 15 is 0 Å². The van der Waals surface area contributed by atoms with Crippen molar-refractivity contribution in [1.29, 1.82) is 0 Å². The van der Waals surface area contributed by atoms with Crippen LogP contribution in [0.3, 0.4) is 0 Å². The van der Waals surface area contributed by atoms with Crippen molar-refractivity contribution >= 4 is 23.4 Å². The Morgan fingerprint density at radius 2 is 1.46 bits per heavy atom. The first-order valence-corrected chi connectivity index (χ1v) is 10.1. The topological polar surface area (TPSA) is 49.7 Å². The molecule has 3 aromatic carbocycles. The molecule has 0 spiro atoms. The zero-order valence-corrected chi connectivity index (χ0v) is 16.6. The lowest BCUT2D eigenvalue weighted by atomic mass is 9.70. The maximum Gasteiger partial charge on any atom is 0.488 e. The average molecular weight is 374 g/mol. The van der Waals surface area contributed by atoms with Crippen molar-refractivity contribution in [3.8, 4) is 16.9 Å². The first-order chi connectivity index (χ1) is 13.5. The van der Waals surface area contributed by atoms with Gasteiger partial charge in [0.2, 0.25) is 0 Å². The molecular weight excluding hydrogens is 347 g/mol. The van der Waals surface area contributed by atoms with Crippen LogP contribution < -0.4 is 10.2 Å². The summed E-state index contributed by atoms with van der Waals surface area (Å²) in [6.45, 7) is 2.37. The lowest BCUT2D eigenvalue weighted by Crippen LogP contribution is -2.29. The van der Waals surface area contributed by atoms with Gasteiger partial charge >= 0.3 is 7.12 Å². The minimum Gasteiger partial charge on any atom is -0.496 e. The third-order valence-corrected chi connectivity index (χ3v) is 6.30. The number of benzene rings is 3. The molecule has 0 atom stereocenters. The Morgan fingerprint density at radius 3 is 2.18 bits per heavy atom. The lowest BCUT2D eigenvalue weighted by molar-refractivity contribution is 0.304. The van der Waals surface area contributed by atoms with Crippen LogP contribution in [-0.2, 0) is 5.41 Å². The van der Waals surface area contributed by atoms with E-state index < -0.39 is 7.12 Å². The molecule has 0 heterocycles. The summed E-state index contributed by atoms with van der Waals surface area (Å²) in [5.41, 5.74) is 4.34. The van der Waals surface area contributed by atoms with Crippen molar-refractivity contribution in [3.63, 3.8) is 0 Å². The van der Waals surface area contributed by atoms with Crippen molar-refractivity contribution in [3.05, 3.63) is 60.2 Å². The van der Waals surface area contributed by atoms with E-state index in [4.69, 9.17) is 4.74 Å². The van der Waals surface area contributed by atoms with Gasteiger partial charge < -0.3 is 14.8 Å². The predicted octanol–water partition coefficient (Wildman–Crippen LogP) is 4.42. The Bertz CT molecular complexity index is 990. The molecule has 2 N–H and O–H groups in total. The third kappa shape index (κ3) is 3.55. The van der Waals surface area contributed by atoms with Gasteiger partial charge in [-0.05, 0) is 63.8 Å². The van der Waals surface area contributed by atoms with Crippen molar-refractivity contribution in [2.24, 2.45) is 0 Å². The van der Waals surface area contributed by atoms with Gasteiger partial charge in [-0.1, -0.05) is 62.6 Å². The molecule has 1 saturated carbocycles. The Morgan fingerprint density at radius 1 is 0.821 bits per heavy atom. The largest absolute Gasteiger partial charge is 0.496 e. The second-order valence-corrected chi connectivity index (χ2v) is 8.23. The fraction of sp³-hybridized carbons (Fsp3) is 0.333. The average Bonchev–Trinajstić information content (AvgIpc) is 2.73. The van der Waals surface area contributed by atoms with Crippen LogP contribution in [0.4, 0.5) is 0 Å². The van der Waals surface area contributed by atoms with Gasteiger partial charge in [0.25, 0.3) is 0 Å². The molecule has 3 aromatic rings. The Balaban J connectivity index is 1.76. The van der Waals surface area contributed by atoms with E-state index in [0.717, 1.165) is 22.1 Å². The quantitative estimate of drug-likeness (QED) is 0.665. The Hall–Kier alpha value is -2.30. The van der Waals surface area contributed by atoms with E-state index in [2.05, 4.69) is 37.3 Å². The van der Waals surface area contributed by atoms with E-state index in [1.807, 2.05) is 18.2 Å². The van der Waals surface area contributed by atoms with Crippen molar-refractivity contribution in [2.75, 3.05) is 7.11 Å². The number of ether oxygens (including phenoxy) is 1. The molecule has 28 heavy (non-hydrogen) atoms. The van der Waals surface area contributed by atoms with Crippen LogP contribution in [0.1, 0.15) is 44.6 Å². The smallest absolute Gasteiger partial charge is 0.488 e. The molecule has 0 saturated heterocycles. The molecule has 4 rings (SSSR count). The maximum absolute atomic E-state index is 9.39. The monoisotopic (exact) mass is 374 g/mol. The number of hydrogen-bond acceptors (Lipinski definition) is 3. The van der Waals surface area contributed by atoms with Gasteiger partial charge in [-0.3, -0.25) is 0 Å². The van der Waals surface area contributed by atoms with Crippen LogP contribution in [0.5, 0.6) is 5.75 Å². The van der Waals surface area contributed by atoms with Gasteiger partial charge in [0.05, 0.1) is 7.11 Å². The first kappa shape index (κ1) is 19.0. The van der Waals surface area contributed by atoms with Crippen molar-refractivity contribution in [1.82, 2.24) is 0 Å². The van der Waals surface area contributed by atoms with Crippen LogP contribution in [-0.4, -0.2) is 24.3 Å². The van der Waals surface area contributed by atoms with Crippen molar-refractivity contribution in [2.45, 2.75) is 44.4 Å². The Labute approximate surface area is 167 Å². The summed E-state index contributed by atoms with van der Waals surface area (Å²) in [4.78, 5) is 0. The molecule has 1 aliphatic carbocycles. The van der Waals surface area contributed by atoms with Gasteiger partial charge in [-0.15, -0.1) is 0 Å². The SMILES string of the molecule is COc1ccc(-c2ccc3cc(B(O)O)ccc3c2)cc1C1(C)CCCCC1. The van der Waals surface area contributed by atoms with E-state index in [9.17, 15) is 10.0 Å². The maximum atomic E-state index is 9.39. The van der Waals surface area contributed by atoms with E-state index in [1.165, 1.54) is 43.2 Å². The van der Waals surface area contributed by atoms with E-state index in [-0.39, 0.29) is 5.41 Å². The molecule has 0 bridgehead atoms. The minimum absolute atomic E-state index is 0.169. The second kappa shape index (κ2) is 7.61. The molecule has 0 aliphatic heterocycles. The molecule has 1 aliphatic rings. The first-order valence-electron chi connectivity index (χ1n) is 10.1. The normalized spacial score (nSPS) is 16.1. The van der Waals surface area contributed by atoms with Crippen molar-refractivity contribution < 1.29 is 14.8 Å². The standard InChI is InChI=1S/C24H27BO3/c1-24(12-4-3-5-13-24)22-16-20(9-11-23(22)28-2)17-6-7-19-15-21(25(26)27)10-8-18(19)14-17/h6-11,14-16,26-27H,3-5,12-13H2,1-2H3. The summed E-state index contributed by atoms with van der Waals surface area (Å²) in [6, 6.07) is 18.4. The van der Waals surface area contributed by atoms with Gasteiger partial charge in [0, 0.05) is 5.56 Å². The summed E-state index contributed by atoms with van der Waals surface area (Å²) in [5.74, 6) is 0.982. The summed E-state index contributed by atoms with van der Waals surface area (Å²) >= 11 is 0. The number of rotatable bonds is 4. The summed E-state index contributed by atoms with van der Waals surface area (Å²) in [5, 5.41) is 20.9. The molecule has 144 valence electrons. The highest BCUT2D eigenvalue weighted by molar-refractivity contribution is 6.58. The highest BCUT2D eigenvalue weighted by Crippen LogP contribution is 2.44. The number of fused-ring (bicyclic) bond motifs is 1. The summed E-state index contributed by atoms with van der Waals surface area (Å²) < 4.78 is 5.71. The second-order valence-electron chi connectivity index (χ2n) is 8.23. The van der Waals surface area contributed by atoms with Gasteiger partial charge in [0.15, 0.2) is 0 Å². The molecular formula is C24H27BO3. The van der Waals surface area contributed by atoms with Gasteiger partial charge in [-0.2, -0.15) is 0 Å². The Kier molecular flexibility index (Phi) is 5.18. The molecule has 0 amide bonds. The fourth-order valence-electron chi connectivity index (χ4n) is 4.57. The number of hydrogen-bond donors (Lipinski definition) is 2. The van der Waals surface area contributed by atoms with Crippen LogP contribution in [0.25, 0.3) is 21.9 Å². The van der Waals surface area contributed by atoms with E-state index in [0.29, 0.717) is 5.46 Å².